The highest BCUT2D eigenvalue weighted by atomic mass is 32.2. The Hall–Kier alpha value is -3.35. The summed E-state index contributed by atoms with van der Waals surface area (Å²) in [5.41, 5.74) is 5.28. The van der Waals surface area contributed by atoms with Crippen molar-refractivity contribution in [1.82, 2.24) is 0 Å². The Morgan fingerprint density at radius 2 is 1.29 bits per heavy atom. The van der Waals surface area contributed by atoms with E-state index in [0.717, 1.165) is 24.3 Å². The van der Waals surface area contributed by atoms with Gasteiger partial charge in [-0.2, -0.15) is 25.3 Å². The molecule has 41 heavy (non-hydrogen) atoms. The van der Waals surface area contributed by atoms with Crippen LogP contribution in [0, 0.1) is 13.8 Å². The molecule has 12 heteroatoms. The minimum absolute atomic E-state index is 0.0848. The van der Waals surface area contributed by atoms with Crippen molar-refractivity contribution in [2.45, 2.75) is 40.5 Å². The van der Waals surface area contributed by atoms with Gasteiger partial charge in [0.1, 0.15) is 11.5 Å². The van der Waals surface area contributed by atoms with Crippen molar-refractivity contribution in [2.24, 2.45) is 0 Å². The lowest BCUT2D eigenvalue weighted by molar-refractivity contribution is 0.489. The Morgan fingerprint density at radius 1 is 0.732 bits per heavy atom. The summed E-state index contributed by atoms with van der Waals surface area (Å²) in [6, 6.07) is 13.3. The van der Waals surface area contributed by atoms with Gasteiger partial charge in [-0.15, -0.1) is 0 Å². The fourth-order valence-corrected chi connectivity index (χ4v) is 5.79. The summed E-state index contributed by atoms with van der Waals surface area (Å²) in [5.74, 6) is 0.375. The average molecular weight is 623 g/mol. The van der Waals surface area contributed by atoms with Crippen molar-refractivity contribution in [3.05, 3.63) is 76.9 Å². The molecule has 0 aliphatic carbocycles. The fourth-order valence-electron chi connectivity index (χ4n) is 4.34. The van der Waals surface area contributed by atoms with Gasteiger partial charge in [0.15, 0.2) is 5.75 Å². The molecule has 0 radical (unpaired) electrons. The highest BCUT2D eigenvalue weighted by Crippen LogP contribution is 2.43. The predicted molar refractivity (Wildman–Crippen MR) is 161 cm³/mol. The van der Waals surface area contributed by atoms with Crippen LogP contribution in [0.25, 0.3) is 22.3 Å². The molecular formula is C29H34O9S3. The zero-order valence-electron chi connectivity index (χ0n) is 24.0. The smallest absolute Gasteiger partial charge is 0.306 e. The molecule has 3 aromatic carbocycles. The lowest BCUT2D eigenvalue weighted by Gasteiger charge is -2.20. The average Bonchev–Trinajstić information content (AvgIpc) is 2.80. The Kier molecular flexibility index (Phi) is 9.62. The largest absolute Gasteiger partial charge is 0.383 e. The lowest BCUT2D eigenvalue weighted by Crippen LogP contribution is -2.10. The summed E-state index contributed by atoms with van der Waals surface area (Å²) in [6.07, 6.45) is 6.13. The van der Waals surface area contributed by atoms with E-state index in [1.807, 2.05) is 26.0 Å². The third-order valence-corrected chi connectivity index (χ3v) is 7.38. The van der Waals surface area contributed by atoms with Gasteiger partial charge in [-0.3, -0.25) is 0 Å². The van der Waals surface area contributed by atoms with Crippen LogP contribution in [0.5, 0.6) is 17.2 Å². The maximum atomic E-state index is 12.3. The number of hydrogen-bond donors (Lipinski definition) is 0. The van der Waals surface area contributed by atoms with Crippen LogP contribution in [0.1, 0.15) is 37.0 Å². The SMILES string of the molecule is CC(C)=CCCc1ccc(-c2c(C)cc(-c3ccc(OS(C)(=O)=O)cc3)c(C)c2OS(C)(=O)=O)cc1OS(C)(=O)=O. The Balaban J connectivity index is 2.21. The van der Waals surface area contributed by atoms with Crippen molar-refractivity contribution in [3.63, 3.8) is 0 Å². The zero-order valence-corrected chi connectivity index (χ0v) is 26.5. The van der Waals surface area contributed by atoms with Crippen molar-refractivity contribution in [2.75, 3.05) is 18.8 Å². The summed E-state index contributed by atoms with van der Waals surface area (Å²) in [6.45, 7) is 7.45. The van der Waals surface area contributed by atoms with E-state index in [9.17, 15) is 25.3 Å². The van der Waals surface area contributed by atoms with Gasteiger partial charge in [-0.25, -0.2) is 0 Å². The lowest BCUT2D eigenvalue weighted by atomic mass is 9.90. The van der Waals surface area contributed by atoms with Crippen molar-refractivity contribution >= 4 is 30.4 Å². The molecule has 3 rings (SSSR count). The van der Waals surface area contributed by atoms with Gasteiger partial charge < -0.3 is 12.5 Å². The van der Waals surface area contributed by atoms with Crippen LogP contribution in [0.4, 0.5) is 0 Å². The van der Waals surface area contributed by atoms with Crippen molar-refractivity contribution in [3.8, 4) is 39.5 Å². The standard InChI is InChI=1S/C29H34O9S3/c1-19(2)9-8-10-23-11-12-24(18-27(23)37-40(6,32)33)28-20(3)17-26(21(4)29(28)38-41(7,34)35)22-13-15-25(16-14-22)36-39(5,30)31/h9,11-18H,8,10H2,1-7H3. The molecule has 0 aliphatic heterocycles. The molecule has 0 spiro atoms. The molecule has 3 aromatic rings. The van der Waals surface area contributed by atoms with E-state index < -0.39 is 30.4 Å². The van der Waals surface area contributed by atoms with Crippen LogP contribution in [-0.2, 0) is 36.8 Å². The number of aryl methyl sites for hydroxylation is 2. The Morgan fingerprint density at radius 3 is 1.83 bits per heavy atom. The monoisotopic (exact) mass is 622 g/mol. The molecule has 222 valence electrons. The van der Waals surface area contributed by atoms with Gasteiger partial charge in [-0.1, -0.05) is 42.0 Å². The summed E-state index contributed by atoms with van der Waals surface area (Å²) in [7, 11) is -11.5. The molecule has 0 saturated carbocycles. The molecule has 9 nitrogen and oxygen atoms in total. The highest BCUT2D eigenvalue weighted by Gasteiger charge is 2.22. The second-order valence-corrected chi connectivity index (χ2v) is 14.8. The molecule has 0 aliphatic rings. The number of benzene rings is 3. The Bertz CT molecular complexity index is 1800. The third kappa shape index (κ3) is 9.34. The van der Waals surface area contributed by atoms with Crippen molar-refractivity contribution in [1.29, 1.82) is 0 Å². The van der Waals surface area contributed by atoms with Crippen LogP contribution < -0.4 is 12.5 Å². The van der Waals surface area contributed by atoms with Crippen LogP contribution in [0.3, 0.4) is 0 Å². The topological polar surface area (TPSA) is 130 Å². The maximum Gasteiger partial charge on any atom is 0.306 e. The first kappa shape index (κ1) is 32.2. The predicted octanol–water partition coefficient (Wildman–Crippen LogP) is 5.55. The normalized spacial score (nSPS) is 12.1. The molecular weight excluding hydrogens is 589 g/mol. The van der Waals surface area contributed by atoms with E-state index in [2.05, 4.69) is 0 Å². The van der Waals surface area contributed by atoms with Crippen LogP contribution in [-0.4, -0.2) is 44.0 Å². The van der Waals surface area contributed by atoms with Gasteiger partial charge in [0.2, 0.25) is 0 Å². The summed E-state index contributed by atoms with van der Waals surface area (Å²) in [4.78, 5) is 0. The van der Waals surface area contributed by atoms with E-state index in [1.165, 1.54) is 12.1 Å². The third-order valence-electron chi connectivity index (χ3n) is 5.94. The highest BCUT2D eigenvalue weighted by molar-refractivity contribution is 7.86. The van der Waals surface area contributed by atoms with Gasteiger partial charge in [0, 0.05) is 11.1 Å². The van der Waals surface area contributed by atoms with Crippen LogP contribution >= 0.6 is 0 Å². The molecule has 0 aromatic heterocycles. The minimum atomic E-state index is -3.96. The van der Waals surface area contributed by atoms with E-state index in [-0.39, 0.29) is 17.2 Å². The molecule has 0 unspecified atom stereocenters. The number of allylic oxidation sites excluding steroid dienone is 2. The second kappa shape index (κ2) is 12.3. The quantitative estimate of drug-likeness (QED) is 0.200. The Labute approximate surface area is 243 Å². The second-order valence-electron chi connectivity index (χ2n) is 10.1. The van der Waals surface area contributed by atoms with E-state index >= 15 is 0 Å². The van der Waals surface area contributed by atoms with Crippen LogP contribution in [0.2, 0.25) is 0 Å². The molecule has 0 atom stereocenters. The molecule has 0 saturated heterocycles. The van der Waals surface area contributed by atoms with E-state index in [1.54, 1.807) is 44.2 Å². The van der Waals surface area contributed by atoms with Gasteiger partial charge in [-0.05, 0) is 86.6 Å². The maximum absolute atomic E-state index is 12.3. The van der Waals surface area contributed by atoms with Crippen molar-refractivity contribution < 1.29 is 37.8 Å². The minimum Gasteiger partial charge on any atom is -0.383 e. The first-order chi connectivity index (χ1) is 18.8. The first-order valence-corrected chi connectivity index (χ1v) is 18.0. The van der Waals surface area contributed by atoms with E-state index in [4.69, 9.17) is 12.5 Å². The molecule has 0 heterocycles. The fraction of sp³-hybridized carbons (Fsp3) is 0.310. The van der Waals surface area contributed by atoms with E-state index in [0.29, 0.717) is 51.8 Å². The number of rotatable bonds is 11. The zero-order chi connectivity index (χ0) is 30.8. The molecule has 0 bridgehead atoms. The molecule has 0 N–H and O–H groups in total. The summed E-state index contributed by atoms with van der Waals surface area (Å²) < 4.78 is 87.6. The van der Waals surface area contributed by atoms with Gasteiger partial charge in [0.25, 0.3) is 0 Å². The number of hydrogen-bond acceptors (Lipinski definition) is 9. The summed E-state index contributed by atoms with van der Waals surface area (Å²) in [5, 5.41) is 0. The summed E-state index contributed by atoms with van der Waals surface area (Å²) >= 11 is 0. The van der Waals surface area contributed by atoms with Gasteiger partial charge in [0.05, 0.1) is 18.8 Å². The molecule has 0 amide bonds. The first-order valence-electron chi connectivity index (χ1n) is 12.5. The molecule has 0 fully saturated rings. The van der Waals surface area contributed by atoms with Crippen LogP contribution in [0.15, 0.2) is 60.2 Å². The van der Waals surface area contributed by atoms with Gasteiger partial charge >= 0.3 is 30.4 Å².